The summed E-state index contributed by atoms with van der Waals surface area (Å²) in [5.74, 6) is 2.42. The maximum atomic E-state index is 13.2. The van der Waals surface area contributed by atoms with E-state index in [0.717, 1.165) is 134 Å². The Morgan fingerprint density at radius 2 is 0.921 bits per heavy atom. The van der Waals surface area contributed by atoms with Crippen LogP contribution in [-0.4, -0.2) is 179 Å². The second kappa shape index (κ2) is 39.4. The summed E-state index contributed by atoms with van der Waals surface area (Å²) in [6.07, 6.45) is 22.0. The van der Waals surface area contributed by atoms with Crippen molar-refractivity contribution in [1.29, 1.82) is 0 Å². The lowest BCUT2D eigenvalue weighted by Crippen LogP contribution is -2.54. The van der Waals surface area contributed by atoms with Crippen LogP contribution in [0.15, 0.2) is 155 Å². The Hall–Kier alpha value is -7.96. The Labute approximate surface area is 744 Å². The monoisotopic (exact) mass is 1730 g/mol. The van der Waals surface area contributed by atoms with E-state index in [-0.39, 0.29) is 94.7 Å². The van der Waals surface area contributed by atoms with Gasteiger partial charge in [0, 0.05) is 118 Å². The van der Waals surface area contributed by atoms with Gasteiger partial charge in [-0.1, -0.05) is 198 Å². The molecule has 4 aromatic carbocycles. The molecule has 4 heterocycles. The molecule has 682 valence electrons. The lowest BCUT2D eigenvalue weighted by Gasteiger charge is -2.49. The molecule has 126 heavy (non-hydrogen) atoms. The number of allylic oxidation sites excluding steroid dienone is 4. The third-order valence-corrected chi connectivity index (χ3v) is 33.0. The van der Waals surface area contributed by atoms with E-state index >= 15 is 0 Å². The van der Waals surface area contributed by atoms with Crippen LogP contribution in [0.25, 0.3) is 0 Å². The molecule has 12 aliphatic rings. The molecule has 2 unspecified atom stereocenters. The second-order valence-corrected chi connectivity index (χ2v) is 40.6. The first-order valence-electron chi connectivity index (χ1n) is 47.9. The van der Waals surface area contributed by atoms with Crippen LogP contribution in [0.1, 0.15) is 252 Å². The number of carbonyl (C=O) groups excluding carboxylic acids is 7. The number of carbonyl (C=O) groups is 7. The number of nitrogens with one attached hydrogen (secondary N) is 5. The van der Waals surface area contributed by atoms with E-state index in [1.807, 2.05) is 35.6 Å². The van der Waals surface area contributed by atoms with Crippen LogP contribution in [0.3, 0.4) is 0 Å². The topological polar surface area (TPSA) is 271 Å². The van der Waals surface area contributed by atoms with Crippen LogP contribution in [0.4, 0.5) is 13.2 Å². The number of fused-ring (bicyclic) bond motifs is 12. The molecule has 8 aliphatic carbocycles. The van der Waals surface area contributed by atoms with Crippen molar-refractivity contribution in [2.45, 2.75) is 288 Å². The Kier molecular flexibility index (Phi) is 29.0. The van der Waals surface area contributed by atoms with Crippen LogP contribution in [0.5, 0.6) is 0 Å². The molecule has 4 saturated carbocycles. The molecule has 9 N–H and O–H groups in total. The van der Waals surface area contributed by atoms with Crippen molar-refractivity contribution in [3.8, 4) is 0 Å². The number of unbranched alkanes of at least 4 members (excludes halogenated alkanes) is 4. The van der Waals surface area contributed by atoms with E-state index in [2.05, 4.69) is 98.6 Å². The zero-order valence-corrected chi connectivity index (χ0v) is 75.7. The van der Waals surface area contributed by atoms with Gasteiger partial charge >= 0.3 is 12.1 Å². The number of hydrogen-bond acceptors (Lipinski definition) is 14. The van der Waals surface area contributed by atoms with Gasteiger partial charge in [-0.2, -0.15) is 13.2 Å². The number of piperidine rings is 2. The number of ether oxygens (including phenoxy) is 2. The maximum absolute atomic E-state index is 13.2. The molecule has 22 atom stereocenters. The number of rotatable bonds is 29. The summed E-state index contributed by atoms with van der Waals surface area (Å²) < 4.78 is 54.3. The van der Waals surface area contributed by atoms with Gasteiger partial charge in [0.15, 0.2) is 11.6 Å². The van der Waals surface area contributed by atoms with Crippen molar-refractivity contribution in [2.75, 3.05) is 52.4 Å². The highest BCUT2D eigenvalue weighted by Crippen LogP contribution is 2.68. The van der Waals surface area contributed by atoms with Crippen molar-refractivity contribution in [3.63, 3.8) is 0 Å². The molecule has 4 aromatic rings. The van der Waals surface area contributed by atoms with Crippen molar-refractivity contribution < 1.29 is 66.4 Å². The number of hydrogen-bond donors (Lipinski definition) is 8. The summed E-state index contributed by atoms with van der Waals surface area (Å²) in [6.45, 7) is 24.8. The van der Waals surface area contributed by atoms with E-state index < -0.39 is 30.1 Å². The highest BCUT2D eigenvalue weighted by molar-refractivity contribution is 6.09. The first-order valence-corrected chi connectivity index (χ1v) is 47.9. The molecule has 22 heteroatoms. The number of alkyl halides is 3. The lowest BCUT2D eigenvalue weighted by atomic mass is 9.56. The smallest absolute Gasteiger partial charge is 0.393 e. The standard InChI is InChI=1S/C53H69F3N4O6.C51H70N4O5/c1-32-27-45-47(34(3)52(66-45)23-21-40-41-19-18-38-29-39(61)20-22-51(38,4)43(41)30-42(40)33(52)2)60(31-32)26-25-57-46(62)13-9-6-10-24-58-49(64)44(59-50(65)53(54,55)56)28-35-14-16-37(17-15-35)48(63)36-11-7-5-8-12-36;1-32-27-45-47(34(3)51(60-45)23-21-40-41-19-18-38-29-39(56)20-22-50(38,4)43(41)30-42(40)33(51)2)55(31-32)26-25-53-46(57)13-9-6-10-24-54-49(59)44(52)28-35-14-16-37(17-15-35)48(58)36-11-7-5-8-12-36/h5,7-8,11-12,14-18,32,34,39-41,43-45,47,61H,6,9-10,13,19-31H2,1-4H3,(H,57,62)(H,58,64)(H,59,65);5,7-8,11-12,14-18,32,34,39-41,43-45,47,56H,6,9-10,13,19-31,52H2,1-4H3,(H,53,57)(H,54,59)/t32-,34+,39-,40-,41-,43-,44-,45+,47-,51-,52?;32-,34+,39-,40-,41-,43-,44-,45+,47-,50-,51?/m00/s1. The fourth-order valence-electron chi connectivity index (χ4n) is 26.3. The molecule has 4 aliphatic heterocycles. The summed E-state index contributed by atoms with van der Waals surface area (Å²) in [7, 11) is 0. The number of aliphatic hydroxyl groups excluding tert-OH is 2. The van der Waals surface area contributed by atoms with E-state index in [9.17, 15) is 56.9 Å². The fourth-order valence-corrected chi connectivity index (χ4v) is 26.3. The largest absolute Gasteiger partial charge is 0.471 e. The van der Waals surface area contributed by atoms with Gasteiger partial charge in [0.2, 0.25) is 23.6 Å². The first kappa shape index (κ1) is 92.7. The quantitative estimate of drug-likeness (QED) is 0.0143. The van der Waals surface area contributed by atoms with Gasteiger partial charge in [0.25, 0.3) is 0 Å². The molecule has 16 rings (SSSR count). The van der Waals surface area contributed by atoms with Gasteiger partial charge in [-0.05, 0) is 229 Å². The number of aliphatic hydroxyl groups is 2. The number of nitrogens with two attached hydrogens (primary N) is 1. The summed E-state index contributed by atoms with van der Waals surface area (Å²) in [6, 6.07) is 29.8. The van der Waals surface area contributed by atoms with Crippen molar-refractivity contribution in [3.05, 3.63) is 188 Å². The Morgan fingerprint density at radius 3 is 1.35 bits per heavy atom. The molecule has 2 spiro atoms. The van der Waals surface area contributed by atoms with Crippen LogP contribution in [-0.2, 0) is 46.3 Å². The first-order chi connectivity index (χ1) is 60.4. The van der Waals surface area contributed by atoms with Crippen LogP contribution >= 0.6 is 0 Å². The number of nitrogens with zero attached hydrogens (tertiary/aromatic N) is 2. The van der Waals surface area contributed by atoms with Crippen LogP contribution < -0.4 is 32.3 Å². The lowest BCUT2D eigenvalue weighted by molar-refractivity contribution is -0.174. The normalized spacial score (nSPS) is 33.0. The predicted molar refractivity (Wildman–Crippen MR) is 482 cm³/mol. The molecule has 0 radical (unpaired) electrons. The summed E-state index contributed by atoms with van der Waals surface area (Å²) in [4.78, 5) is 94.2. The molecule has 8 fully saturated rings. The highest BCUT2D eigenvalue weighted by atomic mass is 19.4. The van der Waals surface area contributed by atoms with Crippen LogP contribution in [0.2, 0.25) is 0 Å². The van der Waals surface area contributed by atoms with Crippen LogP contribution in [0, 0.1) is 70.0 Å². The summed E-state index contributed by atoms with van der Waals surface area (Å²) >= 11 is 0. The van der Waals surface area contributed by atoms with E-state index in [1.54, 1.807) is 95.6 Å². The minimum absolute atomic E-state index is 0.0327. The average molecular weight is 1730 g/mol. The van der Waals surface area contributed by atoms with E-state index in [1.165, 1.54) is 42.4 Å². The molecule has 5 amide bonds. The molecule has 4 saturated heterocycles. The zero-order valence-electron chi connectivity index (χ0n) is 75.7. The number of benzene rings is 4. The van der Waals surface area contributed by atoms with Gasteiger partial charge in [-0.15, -0.1) is 0 Å². The number of likely N-dealkylation sites (tertiary alicyclic amines) is 2. The minimum atomic E-state index is -5.17. The van der Waals surface area contributed by atoms with Gasteiger partial charge in [0.05, 0.1) is 41.7 Å². The zero-order chi connectivity index (χ0) is 89.2. The van der Waals surface area contributed by atoms with Gasteiger partial charge in [-0.25, -0.2) is 0 Å². The molecular weight excluding hydrogens is 1590 g/mol. The molecule has 0 bridgehead atoms. The second-order valence-electron chi connectivity index (χ2n) is 40.6. The van der Waals surface area contributed by atoms with Crippen molar-refractivity contribution >= 4 is 41.1 Å². The molecule has 19 nitrogen and oxygen atoms in total. The third kappa shape index (κ3) is 19.6. The summed E-state index contributed by atoms with van der Waals surface area (Å²) in [5.41, 5.74) is 19.1. The number of halogens is 3. The Bertz CT molecular complexity index is 4710. The van der Waals surface area contributed by atoms with Gasteiger partial charge in [0.1, 0.15) is 6.04 Å². The number of ketones is 2. The van der Waals surface area contributed by atoms with Crippen molar-refractivity contribution in [1.82, 2.24) is 36.4 Å². The molecular formula is C104H139F3N8O11. The Balaban J connectivity index is 0.000000195. The molecule has 0 aromatic heterocycles. The van der Waals surface area contributed by atoms with E-state index in [0.29, 0.717) is 145 Å². The predicted octanol–water partition coefficient (Wildman–Crippen LogP) is 15.3. The fraction of sp³-hybridized carbons (Fsp3) is 0.625. The SMILES string of the molecule is CC1=C2C[C@H]3[C@@H](CC=C4C[C@@H](O)CC[C@@]43C)[C@@H]2CCC12O[C@@H]1C[C@H](C)CN(CCNC(=O)CCCCCNC(=O)[C@@H](N)Cc3ccc(C(=O)c4ccccc4)cc3)[C@H]1[C@H]2C.CC1=C2C[C@H]3[C@@H](CC=C4C[C@@H](O)CC[C@@]43C)[C@@H]2CCC12O[C@@H]1C[C@H](C)CN(CCNC(=O)CCCCCNC(=O)[C@H](Cc3ccc(C(=O)c4ccccc4)cc3)NC(=O)C(F)(F)F)[C@H]1[C@H]2C. The van der Waals surface area contributed by atoms with Gasteiger partial charge in [-0.3, -0.25) is 43.4 Å². The van der Waals surface area contributed by atoms with E-state index in [4.69, 9.17) is 15.2 Å². The highest BCUT2D eigenvalue weighted by Gasteiger charge is 2.64. The average Bonchev–Trinajstić information content (AvgIpc) is 1.55. The number of amides is 5. The Morgan fingerprint density at radius 1 is 0.508 bits per heavy atom. The third-order valence-electron chi connectivity index (χ3n) is 33.0. The summed E-state index contributed by atoms with van der Waals surface area (Å²) in [5, 5.41) is 34.7. The van der Waals surface area contributed by atoms with Crippen molar-refractivity contribution in [2.24, 2.45) is 75.7 Å². The minimum Gasteiger partial charge on any atom is -0.393 e. The van der Waals surface area contributed by atoms with Gasteiger partial charge < -0.3 is 52.0 Å². The maximum Gasteiger partial charge on any atom is 0.471 e.